The van der Waals surface area contributed by atoms with Crippen molar-refractivity contribution in [2.75, 3.05) is 11.9 Å². The molecule has 0 bridgehead atoms. The van der Waals surface area contributed by atoms with E-state index in [1.807, 2.05) is 19.1 Å². The molecule has 0 aromatic heterocycles. The summed E-state index contributed by atoms with van der Waals surface area (Å²) in [5, 5.41) is 11.7. The predicted molar refractivity (Wildman–Crippen MR) is 72.2 cm³/mol. The lowest BCUT2D eigenvalue weighted by molar-refractivity contribution is -0.147. The van der Waals surface area contributed by atoms with Crippen LogP contribution >= 0.6 is 0 Å². The van der Waals surface area contributed by atoms with Gasteiger partial charge in [-0.2, -0.15) is 0 Å². The minimum atomic E-state index is -1.07. The van der Waals surface area contributed by atoms with Gasteiger partial charge in [0.2, 0.25) is 11.8 Å². The standard InChI is InChI=1S/C14H16N2O4/c1-9-3-2-4-10(7-9)15-12(17)8-16-11(14(19)20)5-6-13(16)18/h2-4,7,11H,5-6,8H2,1H3,(H,15,17)(H,19,20). The van der Waals surface area contributed by atoms with Crippen LogP contribution in [0.4, 0.5) is 5.69 Å². The van der Waals surface area contributed by atoms with Crippen LogP contribution in [0.25, 0.3) is 0 Å². The highest BCUT2D eigenvalue weighted by atomic mass is 16.4. The first-order chi connectivity index (χ1) is 9.47. The molecule has 1 aliphatic heterocycles. The van der Waals surface area contributed by atoms with E-state index in [1.54, 1.807) is 12.1 Å². The summed E-state index contributed by atoms with van der Waals surface area (Å²) in [5.74, 6) is -1.76. The van der Waals surface area contributed by atoms with Crippen LogP contribution in [-0.2, 0) is 14.4 Å². The van der Waals surface area contributed by atoms with Crippen molar-refractivity contribution in [2.24, 2.45) is 0 Å². The Labute approximate surface area is 116 Å². The number of nitrogens with one attached hydrogen (secondary N) is 1. The molecule has 1 aliphatic rings. The van der Waals surface area contributed by atoms with Crippen molar-refractivity contribution in [1.82, 2.24) is 4.90 Å². The maximum atomic E-state index is 11.9. The maximum Gasteiger partial charge on any atom is 0.326 e. The van der Waals surface area contributed by atoms with Gasteiger partial charge in [0, 0.05) is 12.1 Å². The van der Waals surface area contributed by atoms with Crippen LogP contribution in [0.3, 0.4) is 0 Å². The number of aliphatic carboxylic acids is 1. The van der Waals surface area contributed by atoms with E-state index in [0.29, 0.717) is 5.69 Å². The van der Waals surface area contributed by atoms with Gasteiger partial charge in [0.25, 0.3) is 0 Å². The molecule has 1 atom stereocenters. The number of hydrogen-bond acceptors (Lipinski definition) is 3. The van der Waals surface area contributed by atoms with Crippen LogP contribution in [0.2, 0.25) is 0 Å². The van der Waals surface area contributed by atoms with E-state index in [9.17, 15) is 14.4 Å². The fourth-order valence-electron chi connectivity index (χ4n) is 2.27. The maximum absolute atomic E-state index is 11.9. The van der Waals surface area contributed by atoms with Crippen LogP contribution in [0.1, 0.15) is 18.4 Å². The number of amides is 2. The van der Waals surface area contributed by atoms with Gasteiger partial charge in [-0.15, -0.1) is 0 Å². The normalized spacial score (nSPS) is 18.1. The number of carbonyl (C=O) groups is 3. The quantitative estimate of drug-likeness (QED) is 0.859. The third-order valence-corrected chi connectivity index (χ3v) is 3.23. The van der Waals surface area contributed by atoms with E-state index in [1.165, 1.54) is 0 Å². The molecule has 0 aliphatic carbocycles. The Morgan fingerprint density at radius 1 is 1.45 bits per heavy atom. The summed E-state index contributed by atoms with van der Waals surface area (Å²) in [4.78, 5) is 35.6. The Hall–Kier alpha value is -2.37. The van der Waals surface area contributed by atoms with Crippen molar-refractivity contribution >= 4 is 23.5 Å². The van der Waals surface area contributed by atoms with Gasteiger partial charge in [0.1, 0.15) is 12.6 Å². The van der Waals surface area contributed by atoms with Gasteiger partial charge in [-0.05, 0) is 31.0 Å². The first-order valence-electron chi connectivity index (χ1n) is 6.36. The summed E-state index contributed by atoms with van der Waals surface area (Å²) < 4.78 is 0. The van der Waals surface area contributed by atoms with Crippen molar-refractivity contribution in [2.45, 2.75) is 25.8 Å². The van der Waals surface area contributed by atoms with Crippen LogP contribution < -0.4 is 5.32 Å². The van der Waals surface area contributed by atoms with E-state index < -0.39 is 17.9 Å². The molecule has 1 aromatic rings. The molecule has 1 unspecified atom stereocenters. The van der Waals surface area contributed by atoms with Gasteiger partial charge < -0.3 is 15.3 Å². The van der Waals surface area contributed by atoms with Crippen molar-refractivity contribution in [3.63, 3.8) is 0 Å². The first kappa shape index (κ1) is 14.0. The number of carboxylic acids is 1. The largest absolute Gasteiger partial charge is 0.480 e. The molecule has 1 saturated heterocycles. The molecule has 2 rings (SSSR count). The summed E-state index contributed by atoms with van der Waals surface area (Å²) in [6.45, 7) is 1.67. The molecule has 1 heterocycles. The fourth-order valence-corrected chi connectivity index (χ4v) is 2.27. The van der Waals surface area contributed by atoms with Crippen LogP contribution in [0.15, 0.2) is 24.3 Å². The number of anilines is 1. The number of rotatable bonds is 4. The van der Waals surface area contributed by atoms with E-state index in [2.05, 4.69) is 5.32 Å². The third kappa shape index (κ3) is 3.14. The third-order valence-electron chi connectivity index (χ3n) is 3.23. The summed E-state index contributed by atoms with van der Waals surface area (Å²) in [6, 6.07) is 6.36. The summed E-state index contributed by atoms with van der Waals surface area (Å²) in [5.41, 5.74) is 1.64. The highest BCUT2D eigenvalue weighted by molar-refractivity contribution is 5.96. The number of nitrogens with zero attached hydrogens (tertiary/aromatic N) is 1. The van der Waals surface area contributed by atoms with E-state index in [-0.39, 0.29) is 25.3 Å². The zero-order valence-electron chi connectivity index (χ0n) is 11.1. The van der Waals surface area contributed by atoms with Crippen LogP contribution in [0.5, 0.6) is 0 Å². The van der Waals surface area contributed by atoms with Gasteiger partial charge in [-0.3, -0.25) is 9.59 Å². The molecule has 2 N–H and O–H groups in total. The van der Waals surface area contributed by atoms with Crippen LogP contribution in [0, 0.1) is 6.92 Å². The van der Waals surface area contributed by atoms with Crippen molar-refractivity contribution in [3.8, 4) is 0 Å². The van der Waals surface area contributed by atoms with E-state index >= 15 is 0 Å². The molecule has 6 nitrogen and oxygen atoms in total. The van der Waals surface area contributed by atoms with Gasteiger partial charge in [-0.1, -0.05) is 12.1 Å². The molecule has 0 saturated carbocycles. The number of likely N-dealkylation sites (tertiary alicyclic amines) is 1. The Kier molecular flexibility index (Phi) is 4.02. The molecule has 20 heavy (non-hydrogen) atoms. The molecular formula is C14H16N2O4. The lowest BCUT2D eigenvalue weighted by atomic mass is 10.2. The molecule has 0 spiro atoms. The molecule has 1 aromatic carbocycles. The SMILES string of the molecule is Cc1cccc(NC(=O)CN2C(=O)CCC2C(=O)O)c1. The summed E-state index contributed by atoms with van der Waals surface area (Å²) >= 11 is 0. The lowest BCUT2D eigenvalue weighted by Gasteiger charge is -2.20. The van der Waals surface area contributed by atoms with Crippen molar-refractivity contribution in [3.05, 3.63) is 29.8 Å². The predicted octanol–water partition coefficient (Wildman–Crippen LogP) is 1.01. The molecule has 0 radical (unpaired) electrons. The second kappa shape index (κ2) is 5.73. The zero-order chi connectivity index (χ0) is 14.7. The number of benzene rings is 1. The Morgan fingerprint density at radius 2 is 2.20 bits per heavy atom. The first-order valence-corrected chi connectivity index (χ1v) is 6.36. The topological polar surface area (TPSA) is 86.7 Å². The number of carboxylic acid groups (broad SMARTS) is 1. The van der Waals surface area contributed by atoms with Gasteiger partial charge in [0.15, 0.2) is 0 Å². The number of hydrogen-bond donors (Lipinski definition) is 2. The van der Waals surface area contributed by atoms with Gasteiger partial charge in [-0.25, -0.2) is 4.79 Å². The highest BCUT2D eigenvalue weighted by Gasteiger charge is 2.36. The minimum absolute atomic E-state index is 0.175. The average Bonchev–Trinajstić information content (AvgIpc) is 2.71. The van der Waals surface area contributed by atoms with E-state index in [4.69, 9.17) is 5.11 Å². The zero-order valence-corrected chi connectivity index (χ0v) is 11.1. The summed E-state index contributed by atoms with van der Waals surface area (Å²) in [7, 11) is 0. The molecular weight excluding hydrogens is 260 g/mol. The van der Waals surface area contributed by atoms with Crippen molar-refractivity contribution in [1.29, 1.82) is 0 Å². The second-order valence-electron chi connectivity index (χ2n) is 4.83. The second-order valence-corrected chi connectivity index (χ2v) is 4.83. The Morgan fingerprint density at radius 3 is 2.85 bits per heavy atom. The monoisotopic (exact) mass is 276 g/mol. The van der Waals surface area contributed by atoms with E-state index in [0.717, 1.165) is 10.5 Å². The molecule has 2 amide bonds. The van der Waals surface area contributed by atoms with Gasteiger partial charge in [0.05, 0.1) is 0 Å². The summed E-state index contributed by atoms with van der Waals surface area (Å²) in [6.07, 6.45) is 0.431. The highest BCUT2D eigenvalue weighted by Crippen LogP contribution is 2.19. The van der Waals surface area contributed by atoms with Crippen molar-refractivity contribution < 1.29 is 19.5 Å². The molecule has 1 fully saturated rings. The minimum Gasteiger partial charge on any atom is -0.480 e. The number of carbonyl (C=O) groups excluding carboxylic acids is 2. The smallest absolute Gasteiger partial charge is 0.326 e. The molecule has 6 heteroatoms. The lowest BCUT2D eigenvalue weighted by Crippen LogP contribution is -2.43. The fraction of sp³-hybridized carbons (Fsp3) is 0.357. The number of aryl methyl sites for hydroxylation is 1. The Balaban J connectivity index is 2.00. The molecule has 106 valence electrons. The van der Waals surface area contributed by atoms with Crippen LogP contribution in [-0.4, -0.2) is 40.4 Å². The average molecular weight is 276 g/mol. The Bertz CT molecular complexity index is 556. The van der Waals surface area contributed by atoms with Gasteiger partial charge >= 0.3 is 5.97 Å².